The molecule has 1 heterocycles. The largest absolute Gasteiger partial charge is 0.502 e. The summed E-state index contributed by atoms with van der Waals surface area (Å²) >= 11 is 0. The molecule has 0 saturated carbocycles. The van der Waals surface area contributed by atoms with Crippen LogP contribution in [0, 0.1) is 16.0 Å². The van der Waals surface area contributed by atoms with E-state index in [2.05, 4.69) is 0 Å². The molecule has 21 heavy (non-hydrogen) atoms. The fraction of sp³-hybridized carbons (Fsp3) is 0.538. The van der Waals surface area contributed by atoms with Crippen LogP contribution in [-0.2, 0) is 10.0 Å². The van der Waals surface area contributed by atoms with Crippen molar-refractivity contribution < 1.29 is 18.4 Å². The molecule has 7 nitrogen and oxygen atoms in total. The van der Waals surface area contributed by atoms with Crippen LogP contribution in [0.1, 0.15) is 26.7 Å². The van der Waals surface area contributed by atoms with Crippen molar-refractivity contribution in [3.05, 3.63) is 28.3 Å². The van der Waals surface area contributed by atoms with Gasteiger partial charge in [0.25, 0.3) is 0 Å². The lowest BCUT2D eigenvalue weighted by Crippen LogP contribution is -2.44. The molecule has 2 atom stereocenters. The summed E-state index contributed by atoms with van der Waals surface area (Å²) in [6.07, 6.45) is 1.73. The van der Waals surface area contributed by atoms with E-state index in [0.717, 1.165) is 25.0 Å². The number of piperidine rings is 1. The molecule has 1 fully saturated rings. The van der Waals surface area contributed by atoms with Crippen molar-refractivity contribution in [2.45, 2.75) is 37.6 Å². The van der Waals surface area contributed by atoms with Crippen molar-refractivity contribution in [2.75, 3.05) is 6.54 Å². The maximum absolute atomic E-state index is 12.7. The Hall–Kier alpha value is -1.67. The van der Waals surface area contributed by atoms with E-state index >= 15 is 0 Å². The quantitative estimate of drug-likeness (QED) is 0.680. The summed E-state index contributed by atoms with van der Waals surface area (Å²) in [4.78, 5) is 9.88. The summed E-state index contributed by atoms with van der Waals surface area (Å²) < 4.78 is 26.7. The molecule has 8 heteroatoms. The van der Waals surface area contributed by atoms with E-state index in [4.69, 9.17) is 0 Å². The van der Waals surface area contributed by atoms with Gasteiger partial charge in [-0.15, -0.1) is 0 Å². The summed E-state index contributed by atoms with van der Waals surface area (Å²) in [5.41, 5.74) is -0.603. The molecule has 0 amide bonds. The zero-order valence-corrected chi connectivity index (χ0v) is 12.7. The molecule has 116 valence electrons. The predicted octanol–water partition coefficient (Wildman–Crippen LogP) is 2.11. The second-order valence-corrected chi connectivity index (χ2v) is 7.40. The van der Waals surface area contributed by atoms with Crippen LogP contribution in [0.5, 0.6) is 5.75 Å². The van der Waals surface area contributed by atoms with E-state index in [-0.39, 0.29) is 16.9 Å². The highest BCUT2D eigenvalue weighted by Gasteiger charge is 2.34. The van der Waals surface area contributed by atoms with E-state index in [9.17, 15) is 23.6 Å². The lowest BCUT2D eigenvalue weighted by Gasteiger charge is -2.35. The summed E-state index contributed by atoms with van der Waals surface area (Å²) in [6.45, 7) is 4.21. The molecular weight excluding hydrogens is 296 g/mol. The molecular formula is C13H18N2O5S. The topological polar surface area (TPSA) is 101 Å². The molecule has 0 radical (unpaired) electrons. The SMILES string of the molecule is CC1CCC(C)N(S(=O)(=O)c2ccc(O)c([N+](=O)[O-])c2)C1. The molecule has 0 spiro atoms. The van der Waals surface area contributed by atoms with Gasteiger partial charge in [0, 0.05) is 18.7 Å². The van der Waals surface area contributed by atoms with Crippen LogP contribution in [0.3, 0.4) is 0 Å². The number of nitro groups is 1. The molecule has 1 aliphatic rings. The molecule has 1 N–H and O–H groups in total. The molecule has 0 aliphatic carbocycles. The zero-order valence-electron chi connectivity index (χ0n) is 11.9. The monoisotopic (exact) mass is 314 g/mol. The van der Waals surface area contributed by atoms with E-state index in [0.29, 0.717) is 6.54 Å². The van der Waals surface area contributed by atoms with Crippen molar-refractivity contribution in [3.63, 3.8) is 0 Å². The maximum Gasteiger partial charge on any atom is 0.312 e. The van der Waals surface area contributed by atoms with Crippen LogP contribution >= 0.6 is 0 Å². The third kappa shape index (κ3) is 3.01. The van der Waals surface area contributed by atoms with Gasteiger partial charge in [0.15, 0.2) is 5.75 Å². The van der Waals surface area contributed by atoms with E-state index in [1.807, 2.05) is 13.8 Å². The molecule has 2 unspecified atom stereocenters. The van der Waals surface area contributed by atoms with Gasteiger partial charge < -0.3 is 5.11 Å². The summed E-state index contributed by atoms with van der Waals surface area (Å²) in [5.74, 6) is -0.290. The number of phenolic OH excluding ortho intramolecular Hbond substituents is 1. The Balaban J connectivity index is 2.44. The van der Waals surface area contributed by atoms with Crippen LogP contribution in [0.15, 0.2) is 23.1 Å². The van der Waals surface area contributed by atoms with Crippen molar-refractivity contribution >= 4 is 15.7 Å². The van der Waals surface area contributed by atoms with Gasteiger partial charge in [0.2, 0.25) is 10.0 Å². The van der Waals surface area contributed by atoms with E-state index in [1.54, 1.807) is 0 Å². The summed E-state index contributed by atoms with van der Waals surface area (Å²) in [5, 5.41) is 20.3. The van der Waals surface area contributed by atoms with Crippen LogP contribution in [0.2, 0.25) is 0 Å². The minimum Gasteiger partial charge on any atom is -0.502 e. The number of phenols is 1. The van der Waals surface area contributed by atoms with Gasteiger partial charge in [0.05, 0.1) is 9.82 Å². The summed E-state index contributed by atoms with van der Waals surface area (Å²) in [7, 11) is -3.80. The molecule has 0 bridgehead atoms. The molecule has 0 aromatic heterocycles. The van der Waals surface area contributed by atoms with Crippen LogP contribution in [-0.4, -0.2) is 35.3 Å². The smallest absolute Gasteiger partial charge is 0.312 e. The Kier molecular flexibility index (Phi) is 4.20. The number of nitrogens with zero attached hydrogens (tertiary/aromatic N) is 2. The molecule has 1 aliphatic heterocycles. The van der Waals surface area contributed by atoms with Crippen LogP contribution in [0.4, 0.5) is 5.69 Å². The van der Waals surface area contributed by atoms with Gasteiger partial charge in [-0.1, -0.05) is 6.92 Å². The van der Waals surface area contributed by atoms with E-state index < -0.39 is 26.4 Å². The van der Waals surface area contributed by atoms with Crippen molar-refractivity contribution in [1.29, 1.82) is 0 Å². The first-order chi connectivity index (χ1) is 9.73. The number of rotatable bonds is 3. The lowest BCUT2D eigenvalue weighted by atomic mass is 9.97. The molecule has 1 aromatic rings. The normalized spacial score (nSPS) is 23.9. The Morgan fingerprint density at radius 1 is 1.33 bits per heavy atom. The minimum absolute atomic E-state index is 0.140. The highest BCUT2D eigenvalue weighted by atomic mass is 32.2. The zero-order chi connectivity index (χ0) is 15.8. The van der Waals surface area contributed by atoms with Gasteiger partial charge >= 0.3 is 5.69 Å². The van der Waals surface area contributed by atoms with Gasteiger partial charge in [0.1, 0.15) is 0 Å². The number of hydrogen-bond donors (Lipinski definition) is 1. The third-order valence-corrected chi connectivity index (χ3v) is 5.79. The predicted molar refractivity (Wildman–Crippen MR) is 76.5 cm³/mol. The first-order valence-electron chi connectivity index (χ1n) is 6.72. The first-order valence-corrected chi connectivity index (χ1v) is 8.16. The van der Waals surface area contributed by atoms with Crippen LogP contribution in [0.25, 0.3) is 0 Å². The average molecular weight is 314 g/mol. The van der Waals surface area contributed by atoms with Gasteiger partial charge in [-0.05, 0) is 37.8 Å². The standard InChI is InChI=1S/C13H18N2O5S/c1-9-3-4-10(2)14(8-9)21(19,20)11-5-6-13(16)12(7-11)15(17)18/h5-7,9-10,16H,3-4,8H2,1-2H3. The summed E-state index contributed by atoms with van der Waals surface area (Å²) in [6, 6.07) is 3.02. The number of sulfonamides is 1. The first kappa shape index (κ1) is 15.7. The third-order valence-electron chi connectivity index (χ3n) is 3.81. The van der Waals surface area contributed by atoms with Crippen LogP contribution < -0.4 is 0 Å². The number of aromatic hydroxyl groups is 1. The number of hydrogen-bond acceptors (Lipinski definition) is 5. The highest BCUT2D eigenvalue weighted by Crippen LogP contribution is 2.32. The molecule has 1 aromatic carbocycles. The highest BCUT2D eigenvalue weighted by molar-refractivity contribution is 7.89. The Morgan fingerprint density at radius 3 is 2.62 bits per heavy atom. The Bertz CT molecular complexity index is 659. The van der Waals surface area contributed by atoms with Gasteiger partial charge in [-0.3, -0.25) is 10.1 Å². The van der Waals surface area contributed by atoms with Gasteiger partial charge in [-0.2, -0.15) is 4.31 Å². The molecule has 1 saturated heterocycles. The average Bonchev–Trinajstić information content (AvgIpc) is 2.41. The van der Waals surface area contributed by atoms with Crippen molar-refractivity contribution in [3.8, 4) is 5.75 Å². The molecule has 2 rings (SSSR count). The van der Waals surface area contributed by atoms with Crippen molar-refractivity contribution in [1.82, 2.24) is 4.31 Å². The minimum atomic E-state index is -3.80. The number of nitro benzene ring substituents is 1. The Labute approximate surface area is 123 Å². The second kappa shape index (κ2) is 5.61. The number of benzene rings is 1. The lowest BCUT2D eigenvalue weighted by molar-refractivity contribution is -0.386. The van der Waals surface area contributed by atoms with Crippen molar-refractivity contribution in [2.24, 2.45) is 5.92 Å². The Morgan fingerprint density at radius 2 is 2.00 bits per heavy atom. The second-order valence-electron chi connectivity index (χ2n) is 5.51. The fourth-order valence-electron chi connectivity index (χ4n) is 2.53. The fourth-order valence-corrected chi connectivity index (χ4v) is 4.33. The maximum atomic E-state index is 12.7. The van der Waals surface area contributed by atoms with E-state index in [1.165, 1.54) is 10.4 Å². The van der Waals surface area contributed by atoms with Gasteiger partial charge in [-0.25, -0.2) is 8.42 Å².